The second kappa shape index (κ2) is 6.96. The van der Waals surface area contributed by atoms with Gasteiger partial charge in [0.05, 0.1) is 10.6 Å². The van der Waals surface area contributed by atoms with Crippen molar-refractivity contribution in [2.45, 2.75) is 4.90 Å². The molecule has 25 heavy (non-hydrogen) atoms. The molecule has 0 saturated heterocycles. The van der Waals surface area contributed by atoms with Gasteiger partial charge in [-0.15, -0.1) is 0 Å². The molecule has 0 aliphatic heterocycles. The van der Waals surface area contributed by atoms with E-state index in [-0.39, 0.29) is 10.5 Å². The summed E-state index contributed by atoms with van der Waals surface area (Å²) >= 11 is 2.12. The van der Waals surface area contributed by atoms with Crippen LogP contribution in [0.25, 0.3) is 11.3 Å². The zero-order valence-corrected chi connectivity index (χ0v) is 16.2. The zero-order valence-electron chi connectivity index (χ0n) is 13.2. The molecule has 1 heterocycles. The molecule has 2 aromatic carbocycles. The van der Waals surface area contributed by atoms with Crippen molar-refractivity contribution in [3.63, 3.8) is 0 Å². The highest BCUT2D eigenvalue weighted by molar-refractivity contribution is 14.1. The molecule has 0 aliphatic carbocycles. The predicted octanol–water partition coefficient (Wildman–Crippen LogP) is 2.85. The Kier molecular flexibility index (Phi) is 4.91. The van der Waals surface area contributed by atoms with Gasteiger partial charge in [-0.3, -0.25) is 9.52 Å². The van der Waals surface area contributed by atoms with Crippen molar-refractivity contribution in [2.24, 2.45) is 7.05 Å². The number of rotatable bonds is 4. The Bertz CT molecular complexity index is 1060. The molecule has 0 aliphatic rings. The molecule has 6 nitrogen and oxygen atoms in total. The lowest BCUT2D eigenvalue weighted by Gasteiger charge is -2.09. The first-order valence-electron chi connectivity index (χ1n) is 7.28. The van der Waals surface area contributed by atoms with E-state index < -0.39 is 10.0 Å². The van der Waals surface area contributed by atoms with Crippen molar-refractivity contribution >= 4 is 38.3 Å². The number of aromatic nitrogens is 2. The van der Waals surface area contributed by atoms with Crippen LogP contribution in [0.15, 0.2) is 70.4 Å². The molecule has 0 unspecified atom stereocenters. The normalized spacial score (nSPS) is 11.3. The van der Waals surface area contributed by atoms with Crippen molar-refractivity contribution in [3.05, 3.63) is 74.6 Å². The van der Waals surface area contributed by atoms with Crippen LogP contribution in [0, 0.1) is 3.57 Å². The number of nitrogens with one attached hydrogen (secondary N) is 1. The second-order valence-corrected chi connectivity index (χ2v) is 8.25. The molecule has 128 valence electrons. The molecular formula is C17H14IN3O3S. The van der Waals surface area contributed by atoms with Crippen LogP contribution in [0.1, 0.15) is 0 Å². The van der Waals surface area contributed by atoms with E-state index in [0.29, 0.717) is 11.4 Å². The van der Waals surface area contributed by atoms with Crippen LogP contribution in [0.2, 0.25) is 0 Å². The predicted molar refractivity (Wildman–Crippen MR) is 105 cm³/mol. The molecule has 0 saturated carbocycles. The van der Waals surface area contributed by atoms with Gasteiger partial charge in [0.15, 0.2) is 0 Å². The third-order valence-electron chi connectivity index (χ3n) is 3.52. The first-order valence-corrected chi connectivity index (χ1v) is 9.84. The Morgan fingerprint density at radius 1 is 0.960 bits per heavy atom. The first-order chi connectivity index (χ1) is 11.8. The monoisotopic (exact) mass is 467 g/mol. The number of hydrogen-bond acceptors (Lipinski definition) is 4. The van der Waals surface area contributed by atoms with Gasteiger partial charge in [-0.25, -0.2) is 13.1 Å². The smallest absolute Gasteiger partial charge is 0.266 e. The number of hydrogen-bond donors (Lipinski definition) is 1. The largest absolute Gasteiger partial charge is 0.280 e. The van der Waals surface area contributed by atoms with Crippen LogP contribution in [0.5, 0.6) is 0 Å². The van der Waals surface area contributed by atoms with Crippen LogP contribution in [0.4, 0.5) is 5.69 Å². The highest BCUT2D eigenvalue weighted by Gasteiger charge is 2.14. The lowest BCUT2D eigenvalue weighted by molar-refractivity contribution is 0.601. The number of halogens is 1. The number of anilines is 1. The Balaban J connectivity index is 1.84. The van der Waals surface area contributed by atoms with Crippen LogP contribution in [0.3, 0.4) is 0 Å². The van der Waals surface area contributed by atoms with Gasteiger partial charge in [0.1, 0.15) is 0 Å². The molecule has 1 N–H and O–H groups in total. The van der Waals surface area contributed by atoms with E-state index in [9.17, 15) is 13.2 Å². The molecule has 1 aromatic heterocycles. The van der Waals surface area contributed by atoms with Crippen molar-refractivity contribution in [3.8, 4) is 11.3 Å². The standard InChI is InChI=1S/C17H14IN3O3S/c1-21-17(22)11-10-16(19-21)12-2-6-14(7-3-12)20-25(23,24)15-8-4-13(18)5-9-15/h2-11,20H,1H3. The van der Waals surface area contributed by atoms with Crippen LogP contribution in [-0.2, 0) is 17.1 Å². The highest BCUT2D eigenvalue weighted by atomic mass is 127. The maximum atomic E-state index is 12.4. The van der Waals surface area contributed by atoms with Gasteiger partial charge in [0, 0.05) is 27.9 Å². The first kappa shape index (κ1) is 17.6. The molecule has 3 rings (SSSR count). The van der Waals surface area contributed by atoms with Gasteiger partial charge < -0.3 is 0 Å². The van der Waals surface area contributed by atoms with E-state index in [1.165, 1.54) is 10.7 Å². The summed E-state index contributed by atoms with van der Waals surface area (Å²) < 4.78 is 29.5. The van der Waals surface area contributed by atoms with Crippen molar-refractivity contribution in [1.29, 1.82) is 0 Å². The zero-order chi connectivity index (χ0) is 18.0. The maximum absolute atomic E-state index is 12.4. The lowest BCUT2D eigenvalue weighted by Crippen LogP contribution is -2.18. The van der Waals surface area contributed by atoms with E-state index in [1.807, 2.05) is 0 Å². The number of aryl methyl sites for hydroxylation is 1. The highest BCUT2D eigenvalue weighted by Crippen LogP contribution is 2.21. The molecule has 3 aromatic rings. The number of nitrogens with zero attached hydrogens (tertiary/aromatic N) is 2. The molecule has 0 fully saturated rings. The van der Waals surface area contributed by atoms with E-state index in [2.05, 4.69) is 32.4 Å². The fraction of sp³-hybridized carbons (Fsp3) is 0.0588. The SMILES string of the molecule is Cn1nc(-c2ccc(NS(=O)(=O)c3ccc(I)cc3)cc2)ccc1=O. The van der Waals surface area contributed by atoms with Gasteiger partial charge in [-0.2, -0.15) is 5.10 Å². The fourth-order valence-electron chi connectivity index (χ4n) is 2.19. The summed E-state index contributed by atoms with van der Waals surface area (Å²) in [6, 6.07) is 16.5. The maximum Gasteiger partial charge on any atom is 0.266 e. The molecule has 0 radical (unpaired) electrons. The van der Waals surface area contributed by atoms with Gasteiger partial charge >= 0.3 is 0 Å². The second-order valence-electron chi connectivity index (χ2n) is 5.32. The van der Waals surface area contributed by atoms with Crippen molar-refractivity contribution in [2.75, 3.05) is 4.72 Å². The van der Waals surface area contributed by atoms with Gasteiger partial charge in [-0.05, 0) is 65.1 Å². The molecule has 0 amide bonds. The third kappa shape index (κ3) is 4.07. The minimum atomic E-state index is -3.63. The van der Waals surface area contributed by atoms with E-state index >= 15 is 0 Å². The van der Waals surface area contributed by atoms with Crippen molar-refractivity contribution < 1.29 is 8.42 Å². The number of benzene rings is 2. The average Bonchev–Trinajstić information content (AvgIpc) is 2.58. The summed E-state index contributed by atoms with van der Waals surface area (Å²) in [5, 5.41) is 4.17. The summed E-state index contributed by atoms with van der Waals surface area (Å²) in [4.78, 5) is 11.6. The summed E-state index contributed by atoms with van der Waals surface area (Å²) in [6.07, 6.45) is 0. The van der Waals surface area contributed by atoms with Gasteiger partial charge in [-0.1, -0.05) is 12.1 Å². The average molecular weight is 467 g/mol. The lowest BCUT2D eigenvalue weighted by atomic mass is 10.1. The van der Waals surface area contributed by atoms with Crippen molar-refractivity contribution in [1.82, 2.24) is 9.78 Å². The third-order valence-corrected chi connectivity index (χ3v) is 5.63. The van der Waals surface area contributed by atoms with E-state index in [4.69, 9.17) is 0 Å². The summed E-state index contributed by atoms with van der Waals surface area (Å²) in [6.45, 7) is 0. The van der Waals surface area contributed by atoms with Crippen LogP contribution in [-0.4, -0.2) is 18.2 Å². The fourth-order valence-corrected chi connectivity index (χ4v) is 3.61. The number of sulfonamides is 1. The molecule has 0 atom stereocenters. The topological polar surface area (TPSA) is 81.1 Å². The Labute approximate surface area is 158 Å². The summed E-state index contributed by atoms with van der Waals surface area (Å²) in [7, 11) is -2.06. The molecule has 0 bridgehead atoms. The quantitative estimate of drug-likeness (QED) is 0.599. The summed E-state index contributed by atoms with van der Waals surface area (Å²) in [5.41, 5.74) is 1.68. The van der Waals surface area contributed by atoms with E-state index in [0.717, 1.165) is 9.13 Å². The van der Waals surface area contributed by atoms with Gasteiger partial charge in [0.25, 0.3) is 15.6 Å². The molecular weight excluding hydrogens is 453 g/mol. The Morgan fingerprint density at radius 3 is 2.20 bits per heavy atom. The molecule has 8 heteroatoms. The van der Waals surface area contributed by atoms with Gasteiger partial charge in [0.2, 0.25) is 0 Å². The van der Waals surface area contributed by atoms with Crippen LogP contribution >= 0.6 is 22.6 Å². The molecule has 0 spiro atoms. The summed E-state index contributed by atoms with van der Waals surface area (Å²) in [5.74, 6) is 0. The minimum absolute atomic E-state index is 0.189. The Morgan fingerprint density at radius 2 is 1.60 bits per heavy atom. The van der Waals surface area contributed by atoms with Crippen LogP contribution < -0.4 is 10.3 Å². The Hall–Kier alpha value is -2.20. The van der Waals surface area contributed by atoms with E-state index in [1.54, 1.807) is 61.6 Å². The minimum Gasteiger partial charge on any atom is -0.280 e.